The smallest absolute Gasteiger partial charge is 0.306 e. The molecule has 0 aromatic rings. The minimum atomic E-state index is -0.997. The van der Waals surface area contributed by atoms with Crippen LogP contribution in [0.3, 0.4) is 0 Å². The highest BCUT2D eigenvalue weighted by molar-refractivity contribution is 5.67. The van der Waals surface area contributed by atoms with E-state index in [1.165, 1.54) is 0 Å². The predicted octanol–water partition coefficient (Wildman–Crippen LogP) is 4.63. The second kappa shape index (κ2) is 18.2. The molecule has 0 aromatic heterocycles. The van der Waals surface area contributed by atoms with Crippen molar-refractivity contribution in [3.8, 4) is 0 Å². The van der Waals surface area contributed by atoms with Crippen molar-refractivity contribution in [3.63, 3.8) is 0 Å². The van der Waals surface area contributed by atoms with Crippen LogP contribution in [0, 0.1) is 5.92 Å². The number of carboxylic acids is 1. The Morgan fingerprint density at radius 1 is 0.656 bits per heavy atom. The summed E-state index contributed by atoms with van der Waals surface area (Å²) >= 11 is 0. The Hall–Kier alpha value is -1.79. The fourth-order valence-corrected chi connectivity index (χ4v) is 12.2. The molecule has 61 heavy (non-hydrogen) atoms. The molecule has 0 bridgehead atoms. The lowest BCUT2D eigenvalue weighted by Gasteiger charge is -2.54. The molecular weight excluding hydrogens is 789 g/mol. The van der Waals surface area contributed by atoms with Gasteiger partial charge in [-0.3, -0.25) is 4.79 Å². The molecule has 0 spiro atoms. The Bertz CT molecular complexity index is 1620. The standard InChI is InChI=1S/C47H70O14/c1-25-17-28(49)35(22-44(51)52)57-38-20-37-32(56-36(38)18-25)11-7-10-31-30(55-37)8-5-6-9-34-33(54-31)12-13-43-46(3,60-34)15-14-42-47(4,61-43)23-41-39(58-42)21-40-45(59-41)29(50)19-27(53-40)16-26(2)24-48/h5-7,11,25,27-43,45,48-50H,2,8-10,12-24H2,1,3-4H3,(H,51,52). The van der Waals surface area contributed by atoms with E-state index in [0.29, 0.717) is 63.4 Å². The molecular formula is C47H70O14. The quantitative estimate of drug-likeness (QED) is 0.281. The minimum absolute atomic E-state index is 0.0975. The lowest BCUT2D eigenvalue weighted by Crippen LogP contribution is -2.64. The van der Waals surface area contributed by atoms with E-state index in [0.717, 1.165) is 32.1 Å². The van der Waals surface area contributed by atoms with Gasteiger partial charge in [0, 0.05) is 25.7 Å². The number of hydrogen-bond donors (Lipinski definition) is 4. The van der Waals surface area contributed by atoms with Crippen LogP contribution in [-0.2, 0) is 47.4 Å². The number of carbonyl (C=O) groups is 1. The van der Waals surface area contributed by atoms with Gasteiger partial charge in [-0.1, -0.05) is 37.8 Å². The average Bonchev–Trinajstić information content (AvgIpc) is 3.34. The summed E-state index contributed by atoms with van der Waals surface area (Å²) < 4.78 is 61.6. The third-order valence-corrected chi connectivity index (χ3v) is 15.5. The van der Waals surface area contributed by atoms with Gasteiger partial charge in [0.05, 0.1) is 122 Å². The highest BCUT2D eigenvalue weighted by atomic mass is 16.6. The van der Waals surface area contributed by atoms with Gasteiger partial charge >= 0.3 is 5.97 Å². The molecule has 21 atom stereocenters. The zero-order valence-corrected chi connectivity index (χ0v) is 36.2. The third-order valence-electron chi connectivity index (χ3n) is 15.5. The van der Waals surface area contributed by atoms with E-state index in [4.69, 9.17) is 42.6 Å². The maximum Gasteiger partial charge on any atom is 0.306 e. The number of aliphatic carboxylic acids is 1. The first kappa shape index (κ1) is 44.4. The predicted molar refractivity (Wildman–Crippen MR) is 220 cm³/mol. The van der Waals surface area contributed by atoms with E-state index >= 15 is 0 Å². The molecule has 9 heterocycles. The number of ether oxygens (including phenoxy) is 9. The Balaban J connectivity index is 0.868. The molecule has 0 aromatic carbocycles. The van der Waals surface area contributed by atoms with Gasteiger partial charge in [-0.25, -0.2) is 0 Å². The van der Waals surface area contributed by atoms with Gasteiger partial charge < -0.3 is 63.1 Å². The number of aliphatic hydroxyl groups excluding tert-OH is 3. The summed E-state index contributed by atoms with van der Waals surface area (Å²) in [4.78, 5) is 11.7. The van der Waals surface area contributed by atoms with Crippen LogP contribution in [0.1, 0.15) is 117 Å². The second-order valence-corrected chi connectivity index (χ2v) is 20.3. The first-order chi connectivity index (χ1) is 29.3. The number of rotatable bonds is 5. The van der Waals surface area contributed by atoms with Gasteiger partial charge in [-0.2, -0.15) is 0 Å². The van der Waals surface area contributed by atoms with Gasteiger partial charge in [-0.05, 0) is 89.5 Å². The van der Waals surface area contributed by atoms with Gasteiger partial charge in [-0.15, -0.1) is 0 Å². The molecule has 9 aliphatic rings. The van der Waals surface area contributed by atoms with Crippen molar-refractivity contribution in [1.29, 1.82) is 0 Å². The lowest BCUT2D eigenvalue weighted by molar-refractivity contribution is -0.311. The molecule has 14 nitrogen and oxygen atoms in total. The summed E-state index contributed by atoms with van der Waals surface area (Å²) in [6.45, 7) is 10.3. The topological polar surface area (TPSA) is 181 Å². The Kier molecular flexibility index (Phi) is 13.3. The molecule has 0 saturated carbocycles. The van der Waals surface area contributed by atoms with Crippen molar-refractivity contribution in [2.75, 3.05) is 6.61 Å². The maximum atomic E-state index is 11.7. The Morgan fingerprint density at radius 2 is 1.38 bits per heavy atom. The lowest BCUT2D eigenvalue weighted by atomic mass is 9.80. The van der Waals surface area contributed by atoms with Crippen LogP contribution in [0.25, 0.3) is 0 Å². The van der Waals surface area contributed by atoms with Crippen LogP contribution in [0.2, 0.25) is 0 Å². The monoisotopic (exact) mass is 858 g/mol. The first-order valence-corrected chi connectivity index (χ1v) is 23.4. The van der Waals surface area contributed by atoms with Crippen LogP contribution in [-0.4, -0.2) is 154 Å². The van der Waals surface area contributed by atoms with Crippen LogP contribution in [0.4, 0.5) is 0 Å². The van der Waals surface area contributed by atoms with Crippen molar-refractivity contribution in [1.82, 2.24) is 0 Å². The summed E-state index contributed by atoms with van der Waals surface area (Å²) in [5.74, 6) is -0.846. The summed E-state index contributed by atoms with van der Waals surface area (Å²) in [6.07, 6.45) is 11.3. The van der Waals surface area contributed by atoms with Crippen LogP contribution >= 0.6 is 0 Å². The van der Waals surface area contributed by atoms with Crippen LogP contribution in [0.5, 0.6) is 0 Å². The number of carboxylic acid groups (broad SMARTS) is 1. The molecule has 14 heteroatoms. The molecule has 0 amide bonds. The van der Waals surface area contributed by atoms with E-state index in [9.17, 15) is 25.2 Å². The summed E-state index contributed by atoms with van der Waals surface area (Å²) in [7, 11) is 0. The average molecular weight is 859 g/mol. The molecule has 7 saturated heterocycles. The third kappa shape index (κ3) is 9.49. The van der Waals surface area contributed by atoms with Crippen molar-refractivity contribution >= 4 is 5.97 Å². The molecule has 342 valence electrons. The zero-order valence-electron chi connectivity index (χ0n) is 36.2. The highest BCUT2D eigenvalue weighted by Gasteiger charge is 2.58. The van der Waals surface area contributed by atoms with E-state index in [2.05, 4.69) is 51.7 Å². The molecule has 4 N–H and O–H groups in total. The zero-order chi connectivity index (χ0) is 42.6. The van der Waals surface area contributed by atoms with Crippen molar-refractivity contribution < 1.29 is 67.9 Å². The van der Waals surface area contributed by atoms with E-state index in [1.54, 1.807) is 0 Å². The van der Waals surface area contributed by atoms with Gasteiger partial charge in [0.15, 0.2) is 0 Å². The van der Waals surface area contributed by atoms with Crippen molar-refractivity contribution in [2.45, 2.75) is 238 Å². The molecule has 0 aliphatic carbocycles. The second-order valence-electron chi connectivity index (χ2n) is 20.3. The van der Waals surface area contributed by atoms with E-state index in [1.807, 2.05) is 0 Å². The maximum absolute atomic E-state index is 11.7. The summed E-state index contributed by atoms with van der Waals surface area (Å²) in [6, 6.07) is 0. The largest absolute Gasteiger partial charge is 0.481 e. The van der Waals surface area contributed by atoms with Crippen LogP contribution in [0.15, 0.2) is 36.5 Å². The normalized spacial score (nSPS) is 51.2. The van der Waals surface area contributed by atoms with E-state index in [-0.39, 0.29) is 98.3 Å². The van der Waals surface area contributed by atoms with Gasteiger partial charge in [0.25, 0.3) is 0 Å². The first-order valence-electron chi connectivity index (χ1n) is 23.4. The number of aliphatic hydroxyl groups is 3. The van der Waals surface area contributed by atoms with Gasteiger partial charge in [0.1, 0.15) is 12.2 Å². The van der Waals surface area contributed by atoms with Crippen LogP contribution < -0.4 is 0 Å². The molecule has 0 radical (unpaired) electrons. The minimum Gasteiger partial charge on any atom is -0.481 e. The Labute approximate surface area is 360 Å². The van der Waals surface area contributed by atoms with E-state index < -0.39 is 47.7 Å². The summed E-state index contributed by atoms with van der Waals surface area (Å²) in [5.41, 5.74) is -0.496. The fourth-order valence-electron chi connectivity index (χ4n) is 12.2. The number of hydrogen-bond acceptors (Lipinski definition) is 13. The molecule has 9 rings (SSSR count). The fraction of sp³-hybridized carbons (Fsp3) is 0.851. The highest BCUT2D eigenvalue weighted by Crippen LogP contribution is 2.50. The molecule has 7 fully saturated rings. The van der Waals surface area contributed by atoms with Crippen molar-refractivity contribution in [3.05, 3.63) is 36.5 Å². The number of fused-ring (bicyclic) bond motifs is 8. The van der Waals surface area contributed by atoms with Gasteiger partial charge in [0.2, 0.25) is 0 Å². The van der Waals surface area contributed by atoms with Crippen molar-refractivity contribution in [2.24, 2.45) is 5.92 Å². The molecule has 21 unspecified atom stereocenters. The Morgan fingerprint density at radius 3 is 2.16 bits per heavy atom. The molecule has 9 aliphatic heterocycles. The SMILES string of the molecule is C=C(CO)CC1CC(O)C2OC3CC4(C)OC5CCC6OC7CC=CC8OC9CC(C)CC(O)C(CC(=O)O)OC9CC8OC7CC=CCC6OC5(C)CCC4OC3CC2O1. The summed E-state index contributed by atoms with van der Waals surface area (Å²) in [5, 5.41) is 41.2.